The summed E-state index contributed by atoms with van der Waals surface area (Å²) in [6.07, 6.45) is 6.48. The minimum Gasteiger partial charge on any atom is -0.404 e. The van der Waals surface area contributed by atoms with Crippen molar-refractivity contribution in [2.45, 2.75) is 39.9 Å². The Labute approximate surface area is 74.2 Å². The van der Waals surface area contributed by atoms with E-state index in [2.05, 4.69) is 31.0 Å². The van der Waals surface area contributed by atoms with E-state index in [-0.39, 0.29) is 6.29 Å². The van der Waals surface area contributed by atoms with Crippen molar-refractivity contribution in [2.75, 3.05) is 0 Å². The predicted octanol–water partition coefficient (Wildman–Crippen LogP) is 2.11. The molecular weight excluding hydrogens is 152 g/mol. The van der Waals surface area contributed by atoms with Crippen LogP contribution in [0, 0.1) is 24.1 Å². The lowest BCUT2D eigenvalue weighted by Crippen LogP contribution is -2.11. The Morgan fingerprint density at radius 2 is 1.58 bits per heavy atom. The average Bonchev–Trinajstić information content (AvgIpc) is 2.10. The molecule has 0 bridgehead atoms. The molecule has 0 saturated carbocycles. The first-order chi connectivity index (χ1) is 5.85. The summed E-state index contributed by atoms with van der Waals surface area (Å²) in [4.78, 5) is 0. The first kappa shape index (κ1) is 10.7. The Morgan fingerprint density at radius 1 is 1.08 bits per heavy atom. The first-order valence-corrected chi connectivity index (χ1v) is 4.00. The van der Waals surface area contributed by atoms with Gasteiger partial charge in [-0.3, -0.25) is 0 Å². The highest BCUT2D eigenvalue weighted by atomic mass is 16.7. The van der Waals surface area contributed by atoms with Crippen LogP contribution in [0.1, 0.15) is 33.6 Å². The largest absolute Gasteiger partial charge is 0.404 e. The zero-order valence-electron chi connectivity index (χ0n) is 7.81. The van der Waals surface area contributed by atoms with E-state index < -0.39 is 0 Å². The van der Waals surface area contributed by atoms with Crippen molar-refractivity contribution in [3.63, 3.8) is 0 Å². The summed E-state index contributed by atoms with van der Waals surface area (Å²) in [6, 6.07) is 0. The van der Waals surface area contributed by atoms with E-state index in [0.29, 0.717) is 0 Å². The molecule has 0 aromatic carbocycles. The molecule has 66 valence electrons. The molecule has 2 nitrogen and oxygen atoms in total. The van der Waals surface area contributed by atoms with Crippen molar-refractivity contribution < 1.29 is 9.47 Å². The molecule has 0 fully saturated rings. The van der Waals surface area contributed by atoms with Crippen LogP contribution in [0.5, 0.6) is 0 Å². The van der Waals surface area contributed by atoms with Gasteiger partial charge in [0.2, 0.25) is 0 Å². The topological polar surface area (TPSA) is 18.5 Å². The van der Waals surface area contributed by atoms with Gasteiger partial charge in [-0.1, -0.05) is 18.8 Å². The van der Waals surface area contributed by atoms with Crippen molar-refractivity contribution in [1.29, 1.82) is 0 Å². The van der Waals surface area contributed by atoms with E-state index >= 15 is 0 Å². The zero-order valence-corrected chi connectivity index (χ0v) is 7.81. The quantitative estimate of drug-likeness (QED) is 0.470. The van der Waals surface area contributed by atoms with E-state index in [1.807, 2.05) is 0 Å². The predicted molar refractivity (Wildman–Crippen MR) is 47.8 cm³/mol. The summed E-state index contributed by atoms with van der Waals surface area (Å²) < 4.78 is 10.1. The van der Waals surface area contributed by atoms with Crippen LogP contribution in [0.3, 0.4) is 0 Å². The number of hydrogen-bond donors (Lipinski definition) is 0. The lowest BCUT2D eigenvalue weighted by Gasteiger charge is -2.09. The molecule has 0 aliphatic carbocycles. The highest BCUT2D eigenvalue weighted by Crippen LogP contribution is 2.02. The summed E-state index contributed by atoms with van der Waals surface area (Å²) in [5.41, 5.74) is 0. The molecule has 0 saturated heterocycles. The van der Waals surface area contributed by atoms with Gasteiger partial charge in [0.1, 0.15) is 12.2 Å². The standard InChI is InChI=1S/C10H14O2/c1-4-7-10(11-8-5-2)12-9-6-3/h10H,4,7H2,1-3H3. The Morgan fingerprint density at radius 3 is 1.92 bits per heavy atom. The summed E-state index contributed by atoms with van der Waals surface area (Å²) >= 11 is 0. The highest BCUT2D eigenvalue weighted by molar-refractivity contribution is 4.88. The second kappa shape index (κ2) is 7.82. The highest BCUT2D eigenvalue weighted by Gasteiger charge is 2.05. The van der Waals surface area contributed by atoms with E-state index in [1.165, 1.54) is 0 Å². The van der Waals surface area contributed by atoms with Crippen LogP contribution < -0.4 is 0 Å². The third-order valence-electron chi connectivity index (χ3n) is 1.11. The maximum absolute atomic E-state index is 5.05. The van der Waals surface area contributed by atoms with Gasteiger partial charge in [-0.15, -0.1) is 0 Å². The normalized spacial score (nSPS) is 7.67. The van der Waals surface area contributed by atoms with Crippen molar-refractivity contribution in [3.8, 4) is 24.1 Å². The summed E-state index contributed by atoms with van der Waals surface area (Å²) in [5.74, 6) is 5.27. The van der Waals surface area contributed by atoms with Gasteiger partial charge in [0.25, 0.3) is 6.29 Å². The molecule has 0 heterocycles. The van der Waals surface area contributed by atoms with Crippen molar-refractivity contribution in [3.05, 3.63) is 0 Å². The molecule has 0 unspecified atom stereocenters. The lowest BCUT2D eigenvalue weighted by molar-refractivity contribution is -0.0449. The Bertz CT molecular complexity index is 189. The van der Waals surface area contributed by atoms with Crippen LogP contribution >= 0.6 is 0 Å². The maximum atomic E-state index is 5.05. The minimum absolute atomic E-state index is 0.310. The van der Waals surface area contributed by atoms with Gasteiger partial charge in [0.05, 0.1) is 0 Å². The van der Waals surface area contributed by atoms with Gasteiger partial charge < -0.3 is 9.47 Å². The fourth-order valence-corrected chi connectivity index (χ4v) is 0.627. The van der Waals surface area contributed by atoms with Gasteiger partial charge in [0.15, 0.2) is 0 Å². The number of ether oxygens (including phenoxy) is 2. The summed E-state index contributed by atoms with van der Waals surface area (Å²) in [6.45, 7) is 5.49. The SMILES string of the molecule is CC#COC(CCC)OC#CC. The second-order valence-electron chi connectivity index (χ2n) is 2.16. The average molecular weight is 166 g/mol. The molecule has 0 N–H and O–H groups in total. The number of hydrogen-bond acceptors (Lipinski definition) is 2. The van der Waals surface area contributed by atoms with Crippen LogP contribution in [0.4, 0.5) is 0 Å². The molecule has 2 heteroatoms. The van der Waals surface area contributed by atoms with Gasteiger partial charge in [-0.25, -0.2) is 0 Å². The smallest absolute Gasteiger partial charge is 0.261 e. The molecule has 0 amide bonds. The molecular formula is C10H14O2. The monoisotopic (exact) mass is 166 g/mol. The molecule has 0 aliphatic rings. The molecule has 0 aromatic rings. The van der Waals surface area contributed by atoms with Crippen LogP contribution in [0.2, 0.25) is 0 Å². The van der Waals surface area contributed by atoms with E-state index in [0.717, 1.165) is 12.8 Å². The van der Waals surface area contributed by atoms with Crippen LogP contribution in [0.25, 0.3) is 0 Å². The summed E-state index contributed by atoms with van der Waals surface area (Å²) in [7, 11) is 0. The van der Waals surface area contributed by atoms with Crippen LogP contribution in [-0.4, -0.2) is 6.29 Å². The van der Waals surface area contributed by atoms with Crippen molar-refractivity contribution in [1.82, 2.24) is 0 Å². The molecule has 0 spiro atoms. The van der Waals surface area contributed by atoms with Gasteiger partial charge in [-0.05, 0) is 6.42 Å². The zero-order chi connectivity index (χ0) is 9.23. The fraction of sp³-hybridized carbons (Fsp3) is 0.600. The Kier molecular flexibility index (Phi) is 6.99. The van der Waals surface area contributed by atoms with Gasteiger partial charge in [0, 0.05) is 20.3 Å². The third-order valence-corrected chi connectivity index (χ3v) is 1.11. The number of rotatable bonds is 4. The maximum Gasteiger partial charge on any atom is 0.261 e. The summed E-state index contributed by atoms with van der Waals surface area (Å²) in [5, 5.41) is 0. The molecule has 12 heavy (non-hydrogen) atoms. The Balaban J connectivity index is 3.79. The Hall–Kier alpha value is -1.28. The van der Waals surface area contributed by atoms with Gasteiger partial charge >= 0.3 is 0 Å². The third kappa shape index (κ3) is 5.50. The second-order valence-corrected chi connectivity index (χ2v) is 2.16. The minimum atomic E-state index is -0.310. The van der Waals surface area contributed by atoms with Crippen LogP contribution in [0.15, 0.2) is 0 Å². The van der Waals surface area contributed by atoms with E-state index in [4.69, 9.17) is 9.47 Å². The first-order valence-electron chi connectivity index (χ1n) is 4.00. The molecule has 0 radical (unpaired) electrons. The fourth-order valence-electron chi connectivity index (χ4n) is 0.627. The molecule has 0 aliphatic heterocycles. The lowest BCUT2D eigenvalue weighted by atomic mass is 10.3. The van der Waals surface area contributed by atoms with E-state index in [9.17, 15) is 0 Å². The molecule has 0 aromatic heterocycles. The van der Waals surface area contributed by atoms with Crippen molar-refractivity contribution >= 4 is 0 Å². The molecule has 0 rings (SSSR count). The van der Waals surface area contributed by atoms with E-state index in [1.54, 1.807) is 13.8 Å². The van der Waals surface area contributed by atoms with Crippen molar-refractivity contribution in [2.24, 2.45) is 0 Å². The van der Waals surface area contributed by atoms with Crippen LogP contribution in [-0.2, 0) is 9.47 Å². The van der Waals surface area contributed by atoms with Gasteiger partial charge in [-0.2, -0.15) is 0 Å². The molecule has 0 atom stereocenters.